The number of unbranched alkanes of at least 4 members (excludes halogenated alkanes) is 1. The molecule has 0 saturated heterocycles. The van der Waals surface area contributed by atoms with Gasteiger partial charge in [-0.25, -0.2) is 13.1 Å². The third kappa shape index (κ3) is 7.97. The fourth-order valence-corrected chi connectivity index (χ4v) is 1.78. The van der Waals surface area contributed by atoms with Crippen molar-refractivity contribution in [2.75, 3.05) is 18.9 Å². The van der Waals surface area contributed by atoms with Gasteiger partial charge in [-0.2, -0.15) is 0 Å². The van der Waals surface area contributed by atoms with E-state index in [-0.39, 0.29) is 13.2 Å². The maximum atomic E-state index is 11.2. The fourth-order valence-electron chi connectivity index (χ4n) is 0.827. The molecule has 5 nitrogen and oxygen atoms in total. The summed E-state index contributed by atoms with van der Waals surface area (Å²) >= 11 is 0. The lowest BCUT2D eigenvalue weighted by Gasteiger charge is -2.05. The number of terminal acetylenes is 1. The number of carbonyl (C=O) groups is 1. The van der Waals surface area contributed by atoms with Crippen LogP contribution in [0.3, 0.4) is 0 Å². The lowest BCUT2D eigenvalue weighted by molar-refractivity contribution is -0.139. The standard InChI is InChI=1S/C9H15NO4S/c1-3-5-6-7-10-15(12,13)8-9(11)14-4-2/h1,10H,4-8H2,2H3. The fraction of sp³-hybridized carbons (Fsp3) is 0.667. The zero-order chi connectivity index (χ0) is 11.7. The second kappa shape index (κ2) is 7.26. The average Bonchev–Trinajstić information content (AvgIpc) is 2.12. The summed E-state index contributed by atoms with van der Waals surface area (Å²) in [6, 6.07) is 0. The van der Waals surface area contributed by atoms with Crippen LogP contribution < -0.4 is 4.72 Å². The molecule has 0 aliphatic heterocycles. The maximum absolute atomic E-state index is 11.2. The van der Waals surface area contributed by atoms with Gasteiger partial charge in [0.25, 0.3) is 0 Å². The minimum absolute atomic E-state index is 0.172. The summed E-state index contributed by atoms with van der Waals surface area (Å²) in [5.41, 5.74) is 0. The first-order valence-corrected chi connectivity index (χ1v) is 6.23. The van der Waals surface area contributed by atoms with Gasteiger partial charge in [0.2, 0.25) is 10.0 Å². The number of hydrogen-bond acceptors (Lipinski definition) is 4. The molecule has 0 aromatic heterocycles. The van der Waals surface area contributed by atoms with E-state index < -0.39 is 21.7 Å². The van der Waals surface area contributed by atoms with E-state index in [1.807, 2.05) is 0 Å². The molecule has 15 heavy (non-hydrogen) atoms. The molecule has 0 bridgehead atoms. The van der Waals surface area contributed by atoms with Crippen LogP contribution in [0.2, 0.25) is 0 Å². The molecule has 86 valence electrons. The summed E-state index contributed by atoms with van der Waals surface area (Å²) in [4.78, 5) is 10.9. The van der Waals surface area contributed by atoms with E-state index in [0.29, 0.717) is 12.8 Å². The first-order valence-electron chi connectivity index (χ1n) is 4.58. The number of rotatable bonds is 7. The SMILES string of the molecule is C#CCCCNS(=O)(=O)CC(=O)OCC. The van der Waals surface area contributed by atoms with Crippen molar-refractivity contribution in [2.24, 2.45) is 0 Å². The van der Waals surface area contributed by atoms with E-state index in [2.05, 4.69) is 15.4 Å². The first-order chi connectivity index (χ1) is 7.02. The quantitative estimate of drug-likeness (QED) is 0.378. The normalized spacial score (nSPS) is 10.7. The minimum atomic E-state index is -3.58. The van der Waals surface area contributed by atoms with Crippen LogP contribution in [0.15, 0.2) is 0 Å². The summed E-state index contributed by atoms with van der Waals surface area (Å²) < 4.78 is 29.2. The number of esters is 1. The van der Waals surface area contributed by atoms with Crippen LogP contribution >= 0.6 is 0 Å². The van der Waals surface area contributed by atoms with Gasteiger partial charge in [0, 0.05) is 13.0 Å². The Hall–Kier alpha value is -1.06. The summed E-state index contributed by atoms with van der Waals surface area (Å²) in [6.07, 6.45) is 6.05. The Bertz CT molecular complexity index is 329. The Kier molecular flexibility index (Phi) is 6.75. The van der Waals surface area contributed by atoms with Crippen LogP contribution in [0.25, 0.3) is 0 Å². The molecule has 0 rings (SSSR count). The summed E-state index contributed by atoms with van der Waals surface area (Å²) in [5.74, 6) is 0.998. The molecule has 0 aromatic rings. The Morgan fingerprint density at radius 3 is 2.73 bits per heavy atom. The van der Waals surface area contributed by atoms with Gasteiger partial charge in [0.05, 0.1) is 6.61 Å². The zero-order valence-corrected chi connectivity index (χ0v) is 9.47. The molecule has 0 heterocycles. The molecule has 0 fully saturated rings. The third-order valence-corrected chi connectivity index (χ3v) is 2.69. The molecule has 0 radical (unpaired) electrons. The van der Waals surface area contributed by atoms with Gasteiger partial charge in [-0.15, -0.1) is 12.3 Å². The Morgan fingerprint density at radius 2 is 2.20 bits per heavy atom. The molecular weight excluding hydrogens is 218 g/mol. The average molecular weight is 233 g/mol. The van der Waals surface area contributed by atoms with Crippen LogP contribution in [-0.4, -0.2) is 33.3 Å². The molecular formula is C9H15NO4S. The van der Waals surface area contributed by atoms with Gasteiger partial charge >= 0.3 is 5.97 Å². The van der Waals surface area contributed by atoms with Gasteiger partial charge in [-0.05, 0) is 13.3 Å². The number of carbonyl (C=O) groups excluding carboxylic acids is 1. The van der Waals surface area contributed by atoms with Crippen LogP contribution in [0.4, 0.5) is 0 Å². The van der Waals surface area contributed by atoms with Crippen molar-refractivity contribution in [2.45, 2.75) is 19.8 Å². The number of hydrogen-bond donors (Lipinski definition) is 1. The highest BCUT2D eigenvalue weighted by atomic mass is 32.2. The lowest BCUT2D eigenvalue weighted by atomic mass is 10.3. The predicted molar refractivity (Wildman–Crippen MR) is 56.5 cm³/mol. The monoisotopic (exact) mass is 233 g/mol. The van der Waals surface area contributed by atoms with Gasteiger partial charge < -0.3 is 4.74 Å². The van der Waals surface area contributed by atoms with Crippen molar-refractivity contribution in [1.29, 1.82) is 0 Å². The van der Waals surface area contributed by atoms with Crippen molar-refractivity contribution in [3.8, 4) is 12.3 Å². The zero-order valence-electron chi connectivity index (χ0n) is 8.65. The van der Waals surface area contributed by atoms with Crippen LogP contribution in [0.1, 0.15) is 19.8 Å². The van der Waals surface area contributed by atoms with Crippen LogP contribution in [0, 0.1) is 12.3 Å². The summed E-state index contributed by atoms with van der Waals surface area (Å²) in [6.45, 7) is 2.03. The Balaban J connectivity index is 3.88. The topological polar surface area (TPSA) is 72.5 Å². The van der Waals surface area contributed by atoms with Crippen LogP contribution in [-0.2, 0) is 19.6 Å². The summed E-state index contributed by atoms with van der Waals surface area (Å²) in [5, 5.41) is 0. The molecule has 0 unspecified atom stereocenters. The van der Waals surface area contributed by atoms with Gasteiger partial charge in [0.1, 0.15) is 0 Å². The van der Waals surface area contributed by atoms with Crippen molar-refractivity contribution in [3.63, 3.8) is 0 Å². The largest absolute Gasteiger partial charge is 0.465 e. The Morgan fingerprint density at radius 1 is 1.53 bits per heavy atom. The number of sulfonamides is 1. The Labute approximate surface area is 90.2 Å². The molecule has 0 atom stereocenters. The predicted octanol–water partition coefficient (Wildman–Crippen LogP) is -0.118. The van der Waals surface area contributed by atoms with E-state index in [1.54, 1.807) is 6.92 Å². The highest BCUT2D eigenvalue weighted by Gasteiger charge is 2.16. The van der Waals surface area contributed by atoms with Crippen LogP contribution in [0.5, 0.6) is 0 Å². The van der Waals surface area contributed by atoms with Gasteiger partial charge in [0.15, 0.2) is 5.75 Å². The van der Waals surface area contributed by atoms with Crippen molar-refractivity contribution in [3.05, 3.63) is 0 Å². The molecule has 0 spiro atoms. The molecule has 1 N–H and O–H groups in total. The molecule has 0 aliphatic carbocycles. The lowest BCUT2D eigenvalue weighted by Crippen LogP contribution is -2.31. The van der Waals surface area contributed by atoms with Crippen molar-refractivity contribution in [1.82, 2.24) is 4.72 Å². The number of nitrogens with one attached hydrogen (secondary N) is 1. The maximum Gasteiger partial charge on any atom is 0.322 e. The van der Waals surface area contributed by atoms with E-state index in [0.717, 1.165) is 0 Å². The molecule has 0 saturated carbocycles. The third-order valence-electron chi connectivity index (χ3n) is 1.43. The highest BCUT2D eigenvalue weighted by Crippen LogP contribution is 1.90. The minimum Gasteiger partial charge on any atom is -0.465 e. The van der Waals surface area contributed by atoms with Gasteiger partial charge in [-0.1, -0.05) is 0 Å². The van der Waals surface area contributed by atoms with E-state index >= 15 is 0 Å². The molecule has 0 amide bonds. The second-order valence-corrected chi connectivity index (χ2v) is 4.57. The highest BCUT2D eigenvalue weighted by molar-refractivity contribution is 7.90. The molecule has 0 aromatic carbocycles. The van der Waals surface area contributed by atoms with Crippen molar-refractivity contribution >= 4 is 16.0 Å². The van der Waals surface area contributed by atoms with Crippen molar-refractivity contribution < 1.29 is 17.9 Å². The first kappa shape index (κ1) is 13.9. The number of ether oxygens (including phenoxy) is 1. The van der Waals surface area contributed by atoms with E-state index in [1.165, 1.54) is 0 Å². The van der Waals surface area contributed by atoms with E-state index in [9.17, 15) is 13.2 Å². The molecule has 0 aliphatic rings. The second-order valence-electron chi connectivity index (χ2n) is 2.77. The molecule has 6 heteroatoms. The van der Waals surface area contributed by atoms with Gasteiger partial charge in [-0.3, -0.25) is 4.79 Å². The smallest absolute Gasteiger partial charge is 0.322 e. The summed E-state index contributed by atoms with van der Waals surface area (Å²) in [7, 11) is -3.58. The van der Waals surface area contributed by atoms with E-state index in [4.69, 9.17) is 6.42 Å².